The van der Waals surface area contributed by atoms with Crippen LogP contribution in [0.15, 0.2) is 46.9 Å². The summed E-state index contributed by atoms with van der Waals surface area (Å²) in [7, 11) is 0. The number of alkyl halides is 2. The largest absolute Gasteiger partial charge is 0.434 e. The standard InChI is InChI=1S/C14H11BrF3NO/c15-10-5-6-11(16)12(7-10)19-8-9-3-1-2-4-13(9)20-14(17)18/h1-7,14,19H,8H2. The van der Waals surface area contributed by atoms with Crippen molar-refractivity contribution in [3.63, 3.8) is 0 Å². The van der Waals surface area contributed by atoms with Gasteiger partial charge in [-0.1, -0.05) is 34.1 Å². The van der Waals surface area contributed by atoms with Crippen molar-refractivity contribution in [2.45, 2.75) is 13.2 Å². The minimum absolute atomic E-state index is 0.0744. The van der Waals surface area contributed by atoms with Crippen LogP contribution in [0.5, 0.6) is 5.75 Å². The minimum Gasteiger partial charge on any atom is -0.434 e. The van der Waals surface area contributed by atoms with Crippen LogP contribution in [0.1, 0.15) is 5.56 Å². The molecule has 106 valence electrons. The third-order valence-corrected chi connectivity index (χ3v) is 3.08. The van der Waals surface area contributed by atoms with Crippen LogP contribution in [-0.4, -0.2) is 6.61 Å². The summed E-state index contributed by atoms with van der Waals surface area (Å²) in [5.74, 6) is -0.342. The second-order valence-electron chi connectivity index (χ2n) is 3.96. The number of ether oxygens (including phenoxy) is 1. The molecular weight excluding hydrogens is 335 g/mol. The van der Waals surface area contributed by atoms with E-state index in [0.717, 1.165) is 4.47 Å². The van der Waals surface area contributed by atoms with Crippen LogP contribution in [0.25, 0.3) is 0 Å². The van der Waals surface area contributed by atoms with Gasteiger partial charge in [0.25, 0.3) is 0 Å². The summed E-state index contributed by atoms with van der Waals surface area (Å²) >= 11 is 3.24. The molecule has 0 aliphatic rings. The number of para-hydroxylation sites is 1. The molecule has 0 radical (unpaired) electrons. The van der Waals surface area contributed by atoms with E-state index >= 15 is 0 Å². The van der Waals surface area contributed by atoms with Crippen molar-refractivity contribution in [2.75, 3.05) is 5.32 Å². The van der Waals surface area contributed by atoms with Crippen molar-refractivity contribution in [3.8, 4) is 5.75 Å². The summed E-state index contributed by atoms with van der Waals surface area (Å²) in [4.78, 5) is 0. The molecular formula is C14H11BrF3NO. The van der Waals surface area contributed by atoms with Gasteiger partial charge >= 0.3 is 6.61 Å². The number of nitrogens with one attached hydrogen (secondary N) is 1. The van der Waals surface area contributed by atoms with Crippen LogP contribution >= 0.6 is 15.9 Å². The van der Waals surface area contributed by atoms with Gasteiger partial charge in [0.1, 0.15) is 11.6 Å². The van der Waals surface area contributed by atoms with E-state index in [1.165, 1.54) is 12.1 Å². The number of anilines is 1. The van der Waals surface area contributed by atoms with E-state index in [4.69, 9.17) is 0 Å². The molecule has 0 aliphatic heterocycles. The first-order chi connectivity index (χ1) is 9.56. The summed E-state index contributed by atoms with van der Waals surface area (Å²) in [5, 5.41) is 2.85. The first kappa shape index (κ1) is 14.7. The molecule has 0 heterocycles. The zero-order valence-corrected chi connectivity index (χ0v) is 11.8. The molecule has 0 bridgehead atoms. The highest BCUT2D eigenvalue weighted by atomic mass is 79.9. The van der Waals surface area contributed by atoms with Crippen LogP contribution in [0, 0.1) is 5.82 Å². The lowest BCUT2D eigenvalue weighted by Crippen LogP contribution is -2.07. The molecule has 6 heteroatoms. The van der Waals surface area contributed by atoms with Crippen molar-refractivity contribution >= 4 is 21.6 Å². The summed E-state index contributed by atoms with van der Waals surface area (Å²) in [6, 6.07) is 10.9. The van der Waals surface area contributed by atoms with Gasteiger partial charge < -0.3 is 10.1 Å². The Morgan fingerprint density at radius 1 is 1.15 bits per heavy atom. The molecule has 0 fully saturated rings. The fourth-order valence-electron chi connectivity index (χ4n) is 1.68. The fraction of sp³-hybridized carbons (Fsp3) is 0.143. The molecule has 0 unspecified atom stereocenters. The summed E-state index contributed by atoms with van der Waals surface area (Å²) in [6.07, 6.45) is 0. The van der Waals surface area contributed by atoms with E-state index in [2.05, 4.69) is 26.0 Å². The SMILES string of the molecule is Fc1ccc(Br)cc1NCc1ccccc1OC(F)F. The summed E-state index contributed by atoms with van der Waals surface area (Å²) < 4.78 is 43.2. The third-order valence-electron chi connectivity index (χ3n) is 2.59. The molecule has 2 rings (SSSR count). The van der Waals surface area contributed by atoms with Gasteiger partial charge in [0.05, 0.1) is 5.69 Å². The Balaban J connectivity index is 2.12. The van der Waals surface area contributed by atoms with Gasteiger partial charge in [-0.3, -0.25) is 0 Å². The maximum atomic E-state index is 13.5. The van der Waals surface area contributed by atoms with E-state index in [-0.39, 0.29) is 18.0 Å². The van der Waals surface area contributed by atoms with Gasteiger partial charge in [0.15, 0.2) is 0 Å². The molecule has 2 aromatic carbocycles. The Morgan fingerprint density at radius 3 is 2.65 bits per heavy atom. The highest BCUT2D eigenvalue weighted by Gasteiger charge is 2.09. The Kier molecular flexibility index (Phi) is 4.89. The minimum atomic E-state index is -2.89. The maximum absolute atomic E-state index is 13.5. The predicted octanol–water partition coefficient (Wildman–Crippen LogP) is 4.80. The summed E-state index contributed by atoms with van der Waals surface area (Å²) in [5.41, 5.74) is 0.804. The van der Waals surface area contributed by atoms with Crippen molar-refractivity contribution in [1.29, 1.82) is 0 Å². The molecule has 0 atom stereocenters. The second kappa shape index (κ2) is 6.65. The zero-order valence-electron chi connectivity index (χ0n) is 10.2. The number of hydrogen-bond donors (Lipinski definition) is 1. The first-order valence-corrected chi connectivity index (χ1v) is 6.57. The number of halogens is 4. The number of benzene rings is 2. The molecule has 2 aromatic rings. The molecule has 0 saturated heterocycles. The predicted molar refractivity (Wildman–Crippen MR) is 74.5 cm³/mol. The van der Waals surface area contributed by atoms with Crippen molar-refractivity contribution in [2.24, 2.45) is 0 Å². The molecule has 0 aliphatic carbocycles. The van der Waals surface area contributed by atoms with Crippen LogP contribution in [0.3, 0.4) is 0 Å². The number of hydrogen-bond acceptors (Lipinski definition) is 2. The molecule has 0 spiro atoms. The molecule has 0 aromatic heterocycles. The Bertz CT molecular complexity index is 592. The highest BCUT2D eigenvalue weighted by molar-refractivity contribution is 9.10. The lowest BCUT2D eigenvalue weighted by Gasteiger charge is -2.12. The van der Waals surface area contributed by atoms with Gasteiger partial charge in [-0.15, -0.1) is 0 Å². The quantitative estimate of drug-likeness (QED) is 0.840. The van der Waals surface area contributed by atoms with E-state index in [1.807, 2.05) is 0 Å². The smallest absolute Gasteiger partial charge is 0.387 e. The molecule has 0 saturated carbocycles. The van der Waals surface area contributed by atoms with Gasteiger partial charge in [-0.2, -0.15) is 8.78 Å². The van der Waals surface area contributed by atoms with E-state index in [0.29, 0.717) is 5.56 Å². The summed E-state index contributed by atoms with van der Waals surface area (Å²) in [6.45, 7) is -2.71. The van der Waals surface area contributed by atoms with Crippen molar-refractivity contribution in [1.82, 2.24) is 0 Å². The van der Waals surface area contributed by atoms with Crippen molar-refractivity contribution in [3.05, 3.63) is 58.3 Å². The van der Waals surface area contributed by atoms with E-state index in [9.17, 15) is 13.2 Å². The lowest BCUT2D eigenvalue weighted by molar-refractivity contribution is -0.0504. The van der Waals surface area contributed by atoms with Gasteiger partial charge in [-0.25, -0.2) is 4.39 Å². The van der Waals surface area contributed by atoms with Crippen LogP contribution in [0.4, 0.5) is 18.9 Å². The fourth-order valence-corrected chi connectivity index (χ4v) is 2.05. The first-order valence-electron chi connectivity index (χ1n) is 5.78. The molecule has 1 N–H and O–H groups in total. The molecule has 20 heavy (non-hydrogen) atoms. The average molecular weight is 346 g/mol. The van der Waals surface area contributed by atoms with Gasteiger partial charge in [0, 0.05) is 16.6 Å². The van der Waals surface area contributed by atoms with Crippen LogP contribution in [0.2, 0.25) is 0 Å². The maximum Gasteiger partial charge on any atom is 0.387 e. The number of rotatable bonds is 5. The van der Waals surface area contributed by atoms with Crippen LogP contribution in [-0.2, 0) is 6.54 Å². The third kappa shape index (κ3) is 3.90. The highest BCUT2D eigenvalue weighted by Crippen LogP contribution is 2.24. The van der Waals surface area contributed by atoms with Gasteiger partial charge in [0.2, 0.25) is 0 Å². The van der Waals surface area contributed by atoms with Crippen LogP contribution < -0.4 is 10.1 Å². The Labute approximate surface area is 122 Å². The Hall–Kier alpha value is -1.69. The second-order valence-corrected chi connectivity index (χ2v) is 4.88. The van der Waals surface area contributed by atoms with Crippen molar-refractivity contribution < 1.29 is 17.9 Å². The molecule has 2 nitrogen and oxygen atoms in total. The normalized spacial score (nSPS) is 10.7. The Morgan fingerprint density at radius 2 is 1.90 bits per heavy atom. The van der Waals surface area contributed by atoms with E-state index < -0.39 is 12.4 Å². The molecule has 0 amide bonds. The van der Waals surface area contributed by atoms with E-state index in [1.54, 1.807) is 30.3 Å². The topological polar surface area (TPSA) is 21.3 Å². The average Bonchev–Trinajstić information content (AvgIpc) is 2.41. The monoisotopic (exact) mass is 345 g/mol. The zero-order chi connectivity index (χ0) is 14.5. The lowest BCUT2D eigenvalue weighted by atomic mass is 10.2. The van der Waals surface area contributed by atoms with Gasteiger partial charge in [-0.05, 0) is 24.3 Å².